The number of nitrogens with one attached hydrogen (secondary N) is 2. The molecular weight excluding hydrogens is 186 g/mol. The normalized spacial score (nSPS) is 13.9. The molecule has 0 aromatic rings. The highest BCUT2D eigenvalue weighted by Gasteiger charge is 2.17. The molecule has 0 spiro atoms. The van der Waals surface area contributed by atoms with Crippen LogP contribution < -0.4 is 16.4 Å². The highest BCUT2D eigenvalue weighted by molar-refractivity contribution is 5.90. The Kier molecular flexibility index (Phi) is 4.62. The van der Waals surface area contributed by atoms with Crippen LogP contribution in [0.3, 0.4) is 0 Å². The van der Waals surface area contributed by atoms with Gasteiger partial charge in [-0.25, -0.2) is 0 Å². The smallest absolute Gasteiger partial charge is 0.242 e. The average molecular weight is 201 g/mol. The van der Waals surface area contributed by atoms with E-state index in [9.17, 15) is 14.4 Å². The minimum Gasteiger partial charge on any atom is -0.368 e. The van der Waals surface area contributed by atoms with Crippen molar-refractivity contribution in [2.75, 3.05) is 0 Å². The maximum absolute atomic E-state index is 11.3. The van der Waals surface area contributed by atoms with Gasteiger partial charge in [-0.15, -0.1) is 0 Å². The van der Waals surface area contributed by atoms with E-state index in [0.717, 1.165) is 0 Å². The molecule has 0 heterocycles. The molecule has 0 bridgehead atoms. The summed E-state index contributed by atoms with van der Waals surface area (Å²) in [6.07, 6.45) is 0. The molecule has 2 atom stereocenters. The predicted octanol–water partition coefficient (Wildman–Crippen LogP) is -1.50. The second-order valence-electron chi connectivity index (χ2n) is 3.05. The Morgan fingerprint density at radius 2 is 1.57 bits per heavy atom. The number of carbonyl (C=O) groups excluding carboxylic acids is 3. The lowest BCUT2D eigenvalue weighted by molar-refractivity contribution is -0.130. The van der Waals surface area contributed by atoms with Gasteiger partial charge >= 0.3 is 0 Å². The van der Waals surface area contributed by atoms with Crippen LogP contribution in [0.25, 0.3) is 0 Å². The minimum absolute atomic E-state index is 0.306. The minimum atomic E-state index is -0.737. The third-order valence-electron chi connectivity index (χ3n) is 1.60. The molecule has 0 aromatic heterocycles. The Balaban J connectivity index is 4.07. The Bertz CT molecular complexity index is 252. The largest absolute Gasteiger partial charge is 0.368 e. The van der Waals surface area contributed by atoms with Gasteiger partial charge in [-0.3, -0.25) is 14.4 Å². The van der Waals surface area contributed by atoms with Crippen molar-refractivity contribution in [1.82, 2.24) is 10.6 Å². The molecule has 0 fully saturated rings. The molecule has 0 aliphatic heterocycles. The van der Waals surface area contributed by atoms with E-state index in [-0.39, 0.29) is 5.91 Å². The molecule has 0 unspecified atom stereocenters. The topological polar surface area (TPSA) is 101 Å². The van der Waals surface area contributed by atoms with Crippen molar-refractivity contribution in [3.8, 4) is 0 Å². The van der Waals surface area contributed by atoms with Crippen molar-refractivity contribution in [3.05, 3.63) is 0 Å². The Morgan fingerprint density at radius 1 is 1.07 bits per heavy atom. The van der Waals surface area contributed by atoms with Gasteiger partial charge in [-0.05, 0) is 13.8 Å². The molecule has 80 valence electrons. The van der Waals surface area contributed by atoms with Crippen LogP contribution >= 0.6 is 0 Å². The molecule has 0 aliphatic carbocycles. The summed E-state index contributed by atoms with van der Waals surface area (Å²) in [6.45, 7) is 4.30. The molecule has 6 nitrogen and oxygen atoms in total. The number of primary amides is 1. The lowest BCUT2D eigenvalue weighted by atomic mass is 10.2. The van der Waals surface area contributed by atoms with Crippen molar-refractivity contribution in [2.45, 2.75) is 32.9 Å². The second kappa shape index (κ2) is 5.21. The molecule has 0 aromatic carbocycles. The number of hydrogen-bond acceptors (Lipinski definition) is 3. The van der Waals surface area contributed by atoms with E-state index in [1.165, 1.54) is 20.8 Å². The zero-order valence-electron chi connectivity index (χ0n) is 8.46. The summed E-state index contributed by atoms with van der Waals surface area (Å²) in [4.78, 5) is 32.5. The molecule has 6 heteroatoms. The van der Waals surface area contributed by atoms with E-state index in [4.69, 9.17) is 5.73 Å². The molecular formula is C8H15N3O3. The van der Waals surface area contributed by atoms with Crippen LogP contribution in [0.15, 0.2) is 0 Å². The van der Waals surface area contributed by atoms with Crippen LogP contribution in [0.1, 0.15) is 20.8 Å². The van der Waals surface area contributed by atoms with Crippen molar-refractivity contribution < 1.29 is 14.4 Å². The van der Waals surface area contributed by atoms with Crippen molar-refractivity contribution in [1.29, 1.82) is 0 Å². The maximum atomic E-state index is 11.3. The maximum Gasteiger partial charge on any atom is 0.242 e. The number of rotatable bonds is 4. The van der Waals surface area contributed by atoms with Crippen LogP contribution in [0.5, 0.6) is 0 Å². The fourth-order valence-electron chi connectivity index (χ4n) is 0.780. The van der Waals surface area contributed by atoms with Gasteiger partial charge in [-0.1, -0.05) is 0 Å². The number of nitrogens with two attached hydrogens (primary N) is 1. The molecule has 0 rings (SSSR count). The van der Waals surface area contributed by atoms with E-state index in [1.807, 2.05) is 0 Å². The third kappa shape index (κ3) is 4.44. The van der Waals surface area contributed by atoms with Crippen molar-refractivity contribution in [3.63, 3.8) is 0 Å². The first kappa shape index (κ1) is 12.4. The first-order valence-corrected chi connectivity index (χ1v) is 4.21. The Morgan fingerprint density at radius 3 is 1.93 bits per heavy atom. The molecule has 0 aliphatic rings. The van der Waals surface area contributed by atoms with Crippen LogP contribution in [-0.4, -0.2) is 29.8 Å². The lowest BCUT2D eigenvalue weighted by Crippen LogP contribution is -2.50. The van der Waals surface area contributed by atoms with E-state index in [1.54, 1.807) is 0 Å². The summed E-state index contributed by atoms with van der Waals surface area (Å²) < 4.78 is 0. The van der Waals surface area contributed by atoms with Crippen molar-refractivity contribution in [2.24, 2.45) is 5.73 Å². The zero-order chi connectivity index (χ0) is 11.3. The Labute approximate surface area is 82.2 Å². The van der Waals surface area contributed by atoms with Crippen LogP contribution in [-0.2, 0) is 14.4 Å². The first-order valence-electron chi connectivity index (χ1n) is 4.21. The van der Waals surface area contributed by atoms with Crippen LogP contribution in [0.2, 0.25) is 0 Å². The number of amides is 3. The SMILES string of the molecule is CC(=O)N[C@@H](C)C(=O)N[C@@H](C)C(N)=O. The molecule has 0 radical (unpaired) electrons. The quantitative estimate of drug-likeness (QED) is 0.516. The van der Waals surface area contributed by atoms with Gasteiger partial charge in [0.1, 0.15) is 12.1 Å². The standard InChI is InChI=1S/C8H15N3O3/c1-4(7(9)13)11-8(14)5(2)10-6(3)12/h4-5H,1-3H3,(H2,9,13)(H,10,12)(H,11,14)/t4-,5-/m0/s1. The van der Waals surface area contributed by atoms with Gasteiger partial charge in [0.2, 0.25) is 17.7 Å². The highest BCUT2D eigenvalue weighted by atomic mass is 16.2. The molecule has 0 saturated carbocycles. The fraction of sp³-hybridized carbons (Fsp3) is 0.625. The Hall–Kier alpha value is -1.59. The summed E-state index contributed by atoms with van der Waals surface area (Å²) in [5, 5.41) is 4.74. The zero-order valence-corrected chi connectivity index (χ0v) is 8.46. The van der Waals surface area contributed by atoms with Crippen LogP contribution in [0.4, 0.5) is 0 Å². The molecule has 0 saturated heterocycles. The van der Waals surface area contributed by atoms with Crippen LogP contribution in [0, 0.1) is 0 Å². The highest BCUT2D eigenvalue weighted by Crippen LogP contribution is 1.85. The average Bonchev–Trinajstić information content (AvgIpc) is 2.02. The van der Waals surface area contributed by atoms with Gasteiger partial charge in [0.25, 0.3) is 0 Å². The predicted molar refractivity (Wildman–Crippen MR) is 50.1 cm³/mol. The summed E-state index contributed by atoms with van der Waals surface area (Å²) in [7, 11) is 0. The number of hydrogen-bond donors (Lipinski definition) is 3. The second-order valence-corrected chi connectivity index (χ2v) is 3.05. The molecule has 4 N–H and O–H groups in total. The summed E-state index contributed by atoms with van der Waals surface area (Å²) in [5.41, 5.74) is 4.94. The van der Waals surface area contributed by atoms with Gasteiger partial charge in [-0.2, -0.15) is 0 Å². The van der Waals surface area contributed by atoms with Gasteiger partial charge in [0, 0.05) is 6.92 Å². The lowest BCUT2D eigenvalue weighted by Gasteiger charge is -2.15. The van der Waals surface area contributed by atoms with Gasteiger partial charge in [0.05, 0.1) is 0 Å². The van der Waals surface area contributed by atoms with Gasteiger partial charge < -0.3 is 16.4 Å². The summed E-state index contributed by atoms with van der Waals surface area (Å²) >= 11 is 0. The summed E-state index contributed by atoms with van der Waals surface area (Å²) in [6, 6.07) is -1.41. The van der Waals surface area contributed by atoms with E-state index >= 15 is 0 Å². The van der Waals surface area contributed by atoms with E-state index in [0.29, 0.717) is 0 Å². The first-order chi connectivity index (χ1) is 6.34. The third-order valence-corrected chi connectivity index (χ3v) is 1.60. The monoisotopic (exact) mass is 201 g/mol. The fourth-order valence-corrected chi connectivity index (χ4v) is 0.780. The van der Waals surface area contributed by atoms with Gasteiger partial charge in [0.15, 0.2) is 0 Å². The number of carbonyl (C=O) groups is 3. The summed E-state index contributed by atoms with van der Waals surface area (Å²) in [5.74, 6) is -1.36. The molecule has 14 heavy (non-hydrogen) atoms. The van der Waals surface area contributed by atoms with E-state index in [2.05, 4.69) is 10.6 Å². The molecule has 3 amide bonds. The van der Waals surface area contributed by atoms with E-state index < -0.39 is 23.9 Å². The van der Waals surface area contributed by atoms with Crippen molar-refractivity contribution >= 4 is 17.7 Å².